The van der Waals surface area contributed by atoms with Crippen molar-refractivity contribution in [2.24, 2.45) is 0 Å². The number of aryl methyl sites for hydroxylation is 1. The van der Waals surface area contributed by atoms with E-state index in [2.05, 4.69) is 27.9 Å². The van der Waals surface area contributed by atoms with Crippen LogP contribution in [0.1, 0.15) is 11.1 Å². The molecule has 3 aromatic rings. The number of rotatable bonds is 6. The lowest BCUT2D eigenvalue weighted by Crippen LogP contribution is -2.38. The maximum absolute atomic E-state index is 13.4. The van der Waals surface area contributed by atoms with E-state index in [1.54, 1.807) is 49.4 Å². The number of hydrogen-bond acceptors (Lipinski definition) is 3. The molecule has 0 unspecified atom stereocenters. The highest BCUT2D eigenvalue weighted by atomic mass is 127. The standard InChI is InChI=1S/C22H20ClIN2O3S/c1-15-6-12-19(13-7-15)30(28,29)26(21-5-3-4-20(23)16(21)2)14-22(27)25-18-10-8-17(24)9-11-18/h3-13H,14H2,1-2H3,(H,25,27). The lowest BCUT2D eigenvalue weighted by Gasteiger charge is -2.26. The van der Waals surface area contributed by atoms with Gasteiger partial charge in [-0.05, 0) is 90.5 Å². The van der Waals surface area contributed by atoms with Crippen LogP contribution in [0.25, 0.3) is 0 Å². The van der Waals surface area contributed by atoms with Gasteiger partial charge in [-0.25, -0.2) is 8.42 Å². The summed E-state index contributed by atoms with van der Waals surface area (Å²) in [6, 6.07) is 18.8. The van der Waals surface area contributed by atoms with E-state index in [-0.39, 0.29) is 11.4 Å². The van der Waals surface area contributed by atoms with Gasteiger partial charge in [0.1, 0.15) is 6.54 Å². The fourth-order valence-corrected chi connectivity index (χ4v) is 4.88. The Morgan fingerprint density at radius 3 is 2.27 bits per heavy atom. The number of halogens is 2. The zero-order chi connectivity index (χ0) is 21.9. The molecule has 3 rings (SSSR count). The van der Waals surface area contributed by atoms with E-state index in [9.17, 15) is 13.2 Å². The summed E-state index contributed by atoms with van der Waals surface area (Å²) in [5.41, 5.74) is 2.48. The normalized spacial score (nSPS) is 11.2. The molecular weight excluding hydrogens is 535 g/mol. The van der Waals surface area contributed by atoms with Crippen LogP contribution in [-0.2, 0) is 14.8 Å². The summed E-state index contributed by atoms with van der Waals surface area (Å²) in [5.74, 6) is -0.453. The van der Waals surface area contributed by atoms with Gasteiger partial charge in [0.25, 0.3) is 10.0 Å². The molecule has 0 atom stereocenters. The zero-order valence-electron chi connectivity index (χ0n) is 16.4. The van der Waals surface area contributed by atoms with Gasteiger partial charge in [-0.3, -0.25) is 9.10 Å². The predicted molar refractivity (Wildman–Crippen MR) is 130 cm³/mol. The molecule has 5 nitrogen and oxygen atoms in total. The Morgan fingerprint density at radius 2 is 1.63 bits per heavy atom. The van der Waals surface area contributed by atoms with Gasteiger partial charge >= 0.3 is 0 Å². The van der Waals surface area contributed by atoms with Crippen LogP contribution in [0.2, 0.25) is 5.02 Å². The van der Waals surface area contributed by atoms with Gasteiger partial charge in [-0.15, -0.1) is 0 Å². The summed E-state index contributed by atoms with van der Waals surface area (Å²) in [6.45, 7) is 3.22. The monoisotopic (exact) mass is 554 g/mol. The lowest BCUT2D eigenvalue weighted by atomic mass is 10.2. The van der Waals surface area contributed by atoms with Gasteiger partial charge in [0.15, 0.2) is 0 Å². The Labute approximate surface area is 195 Å². The number of nitrogens with zero attached hydrogens (tertiary/aromatic N) is 1. The molecule has 0 saturated heterocycles. The van der Waals surface area contributed by atoms with E-state index in [1.807, 2.05) is 19.1 Å². The van der Waals surface area contributed by atoms with Crippen LogP contribution in [0, 0.1) is 17.4 Å². The van der Waals surface area contributed by atoms with Gasteiger partial charge < -0.3 is 5.32 Å². The third-order valence-electron chi connectivity index (χ3n) is 4.53. The van der Waals surface area contributed by atoms with Crippen LogP contribution < -0.4 is 9.62 Å². The van der Waals surface area contributed by atoms with Crippen molar-refractivity contribution in [1.29, 1.82) is 0 Å². The molecule has 30 heavy (non-hydrogen) atoms. The second-order valence-electron chi connectivity index (χ2n) is 6.76. The molecule has 0 aliphatic heterocycles. The van der Waals surface area contributed by atoms with Crippen molar-refractivity contribution in [2.75, 3.05) is 16.2 Å². The van der Waals surface area contributed by atoms with Crippen LogP contribution in [0.15, 0.2) is 71.6 Å². The maximum atomic E-state index is 13.4. The number of carbonyl (C=O) groups excluding carboxylic acids is 1. The highest BCUT2D eigenvalue weighted by Crippen LogP contribution is 2.31. The molecule has 0 spiro atoms. The number of nitrogens with one attached hydrogen (secondary N) is 1. The molecule has 0 radical (unpaired) electrons. The second-order valence-corrected chi connectivity index (χ2v) is 10.3. The second kappa shape index (κ2) is 9.36. The molecule has 1 amide bonds. The van der Waals surface area contributed by atoms with Crippen molar-refractivity contribution >= 4 is 61.5 Å². The summed E-state index contributed by atoms with van der Waals surface area (Å²) >= 11 is 8.40. The van der Waals surface area contributed by atoms with E-state index in [0.717, 1.165) is 13.4 Å². The average molecular weight is 555 g/mol. The van der Waals surface area contributed by atoms with E-state index >= 15 is 0 Å². The minimum atomic E-state index is -3.99. The number of carbonyl (C=O) groups is 1. The molecule has 0 fully saturated rings. The number of benzene rings is 3. The first-order chi connectivity index (χ1) is 14.2. The van der Waals surface area contributed by atoms with Crippen molar-refractivity contribution in [3.8, 4) is 0 Å². The van der Waals surface area contributed by atoms with Crippen LogP contribution in [0.4, 0.5) is 11.4 Å². The molecule has 3 aromatic carbocycles. The Bertz CT molecular complexity index is 1160. The van der Waals surface area contributed by atoms with E-state index in [4.69, 9.17) is 11.6 Å². The summed E-state index contributed by atoms with van der Waals surface area (Å²) in [4.78, 5) is 12.9. The first-order valence-corrected chi connectivity index (χ1v) is 12.0. The van der Waals surface area contributed by atoms with Crippen molar-refractivity contribution in [3.63, 3.8) is 0 Å². The van der Waals surface area contributed by atoms with Crippen LogP contribution >= 0.6 is 34.2 Å². The minimum Gasteiger partial charge on any atom is -0.325 e. The molecular formula is C22H20ClIN2O3S. The van der Waals surface area contributed by atoms with Gasteiger partial charge in [-0.1, -0.05) is 35.4 Å². The quantitative estimate of drug-likeness (QED) is 0.415. The third-order valence-corrected chi connectivity index (χ3v) is 7.43. The molecule has 0 aliphatic carbocycles. The summed E-state index contributed by atoms with van der Waals surface area (Å²) < 4.78 is 29.0. The Morgan fingerprint density at radius 1 is 1.00 bits per heavy atom. The smallest absolute Gasteiger partial charge is 0.264 e. The molecule has 8 heteroatoms. The first kappa shape index (κ1) is 22.6. The molecule has 0 aromatic heterocycles. The Balaban J connectivity index is 1.99. The van der Waals surface area contributed by atoms with Gasteiger partial charge in [0, 0.05) is 14.3 Å². The molecule has 1 N–H and O–H groups in total. The SMILES string of the molecule is Cc1ccc(S(=O)(=O)N(CC(=O)Nc2ccc(I)cc2)c2cccc(Cl)c2C)cc1. The first-order valence-electron chi connectivity index (χ1n) is 9.08. The molecule has 0 aliphatic rings. The van der Waals surface area contributed by atoms with Crippen molar-refractivity contribution < 1.29 is 13.2 Å². The Kier molecular flexibility index (Phi) is 7.05. The topological polar surface area (TPSA) is 66.5 Å². The largest absolute Gasteiger partial charge is 0.325 e. The molecule has 0 bridgehead atoms. The molecule has 0 heterocycles. The number of hydrogen-bond donors (Lipinski definition) is 1. The summed E-state index contributed by atoms with van der Waals surface area (Å²) in [7, 11) is -3.99. The van der Waals surface area contributed by atoms with Gasteiger partial charge in [0.2, 0.25) is 5.91 Å². The lowest BCUT2D eigenvalue weighted by molar-refractivity contribution is -0.114. The summed E-state index contributed by atoms with van der Waals surface area (Å²) in [5, 5.41) is 3.18. The maximum Gasteiger partial charge on any atom is 0.264 e. The Hall–Kier alpha value is -2.10. The van der Waals surface area contributed by atoms with Crippen molar-refractivity contribution in [2.45, 2.75) is 18.7 Å². The van der Waals surface area contributed by atoms with Crippen molar-refractivity contribution in [1.82, 2.24) is 0 Å². The van der Waals surface area contributed by atoms with Crippen molar-refractivity contribution in [3.05, 3.63) is 86.4 Å². The minimum absolute atomic E-state index is 0.106. The van der Waals surface area contributed by atoms with E-state index < -0.39 is 15.9 Å². The van der Waals surface area contributed by atoms with Gasteiger partial charge in [-0.2, -0.15) is 0 Å². The fourth-order valence-electron chi connectivity index (χ4n) is 2.87. The van der Waals surface area contributed by atoms with Gasteiger partial charge in [0.05, 0.1) is 10.6 Å². The molecule has 156 valence electrons. The van der Waals surface area contributed by atoms with Crippen LogP contribution in [-0.4, -0.2) is 20.9 Å². The predicted octanol–water partition coefficient (Wildman–Crippen LogP) is 5.40. The average Bonchev–Trinajstić information content (AvgIpc) is 2.70. The highest BCUT2D eigenvalue weighted by molar-refractivity contribution is 14.1. The highest BCUT2D eigenvalue weighted by Gasteiger charge is 2.28. The number of sulfonamides is 1. The van der Waals surface area contributed by atoms with Crippen LogP contribution in [0.3, 0.4) is 0 Å². The third kappa shape index (κ3) is 5.14. The van der Waals surface area contributed by atoms with Crippen LogP contribution in [0.5, 0.6) is 0 Å². The fraction of sp³-hybridized carbons (Fsp3) is 0.136. The zero-order valence-corrected chi connectivity index (χ0v) is 20.1. The van der Waals surface area contributed by atoms with E-state index in [0.29, 0.717) is 22.0 Å². The molecule has 0 saturated carbocycles. The number of amides is 1. The van der Waals surface area contributed by atoms with E-state index in [1.165, 1.54) is 12.1 Å². The summed E-state index contributed by atoms with van der Waals surface area (Å²) in [6.07, 6.45) is 0. The number of anilines is 2.